The SMILES string of the molecule is Cc1ccc(CNc2ccc(OCC(F)(F)F)nc2)s1. The lowest BCUT2D eigenvalue weighted by Gasteiger charge is -2.09. The summed E-state index contributed by atoms with van der Waals surface area (Å²) in [5.41, 5.74) is 0.732. The van der Waals surface area contributed by atoms with E-state index in [0.717, 1.165) is 5.69 Å². The smallest absolute Gasteiger partial charge is 0.422 e. The molecule has 0 aromatic carbocycles. The van der Waals surface area contributed by atoms with Crippen molar-refractivity contribution in [3.63, 3.8) is 0 Å². The summed E-state index contributed by atoms with van der Waals surface area (Å²) in [4.78, 5) is 6.23. The number of aryl methyl sites for hydroxylation is 1. The van der Waals surface area contributed by atoms with Crippen molar-refractivity contribution in [3.8, 4) is 5.88 Å². The Balaban J connectivity index is 1.85. The first kappa shape index (κ1) is 14.6. The standard InChI is InChI=1S/C13H13F3N2OS/c1-9-2-4-11(20-9)7-17-10-3-5-12(18-6-10)19-8-13(14,15)16/h2-6,17H,7-8H2,1H3. The number of alkyl halides is 3. The van der Waals surface area contributed by atoms with Crippen molar-refractivity contribution in [2.24, 2.45) is 0 Å². The average molecular weight is 302 g/mol. The van der Waals surface area contributed by atoms with Gasteiger partial charge in [0.15, 0.2) is 6.61 Å². The number of thiophene rings is 1. The highest BCUT2D eigenvalue weighted by Gasteiger charge is 2.28. The number of aromatic nitrogens is 1. The third kappa shape index (κ3) is 4.73. The molecule has 3 nitrogen and oxygen atoms in total. The number of hydrogen-bond donors (Lipinski definition) is 1. The molecule has 0 radical (unpaired) electrons. The van der Waals surface area contributed by atoms with Crippen molar-refractivity contribution in [2.45, 2.75) is 19.6 Å². The van der Waals surface area contributed by atoms with Gasteiger partial charge in [0.05, 0.1) is 11.9 Å². The third-order valence-corrected chi connectivity index (χ3v) is 3.38. The molecule has 20 heavy (non-hydrogen) atoms. The van der Waals surface area contributed by atoms with Gasteiger partial charge in [-0.15, -0.1) is 11.3 Å². The average Bonchev–Trinajstić information content (AvgIpc) is 2.80. The topological polar surface area (TPSA) is 34.1 Å². The van der Waals surface area contributed by atoms with Crippen LogP contribution in [0.25, 0.3) is 0 Å². The highest BCUT2D eigenvalue weighted by molar-refractivity contribution is 7.11. The van der Waals surface area contributed by atoms with Crippen LogP contribution in [0.2, 0.25) is 0 Å². The molecule has 0 fully saturated rings. The second-order valence-corrected chi connectivity index (χ2v) is 5.53. The summed E-state index contributed by atoms with van der Waals surface area (Å²) in [6.45, 7) is 1.35. The number of halogens is 3. The van der Waals surface area contributed by atoms with Crippen molar-refractivity contribution in [1.29, 1.82) is 0 Å². The number of nitrogens with one attached hydrogen (secondary N) is 1. The molecule has 0 bridgehead atoms. The van der Waals surface area contributed by atoms with E-state index in [1.807, 2.05) is 19.1 Å². The first-order chi connectivity index (χ1) is 9.42. The van der Waals surface area contributed by atoms with Crippen molar-refractivity contribution in [2.75, 3.05) is 11.9 Å². The molecule has 0 aliphatic heterocycles. The Morgan fingerprint density at radius 2 is 2.05 bits per heavy atom. The fourth-order valence-electron chi connectivity index (χ4n) is 1.50. The zero-order valence-corrected chi connectivity index (χ0v) is 11.5. The minimum Gasteiger partial charge on any atom is -0.468 e. The van der Waals surface area contributed by atoms with Gasteiger partial charge in [0.25, 0.3) is 0 Å². The molecular formula is C13H13F3N2OS. The highest BCUT2D eigenvalue weighted by Crippen LogP contribution is 2.19. The van der Waals surface area contributed by atoms with Crippen LogP contribution in [0.1, 0.15) is 9.75 Å². The van der Waals surface area contributed by atoms with E-state index in [0.29, 0.717) is 6.54 Å². The van der Waals surface area contributed by atoms with Crippen molar-refractivity contribution in [1.82, 2.24) is 4.98 Å². The van der Waals surface area contributed by atoms with E-state index in [4.69, 9.17) is 0 Å². The molecule has 0 amide bonds. The summed E-state index contributed by atoms with van der Waals surface area (Å²) >= 11 is 1.69. The summed E-state index contributed by atoms with van der Waals surface area (Å²) in [6.07, 6.45) is -2.90. The van der Waals surface area contributed by atoms with Gasteiger partial charge in [-0.2, -0.15) is 13.2 Å². The van der Waals surface area contributed by atoms with Gasteiger partial charge >= 0.3 is 6.18 Å². The largest absolute Gasteiger partial charge is 0.468 e. The lowest BCUT2D eigenvalue weighted by molar-refractivity contribution is -0.154. The monoisotopic (exact) mass is 302 g/mol. The third-order valence-electron chi connectivity index (χ3n) is 2.38. The summed E-state index contributed by atoms with van der Waals surface area (Å²) in [5.74, 6) is -0.0418. The Bertz CT molecular complexity index is 551. The van der Waals surface area contributed by atoms with E-state index >= 15 is 0 Å². The van der Waals surface area contributed by atoms with E-state index in [2.05, 4.69) is 15.0 Å². The second-order valence-electron chi connectivity index (χ2n) is 4.15. The molecule has 2 heterocycles. The van der Waals surface area contributed by atoms with Crippen LogP contribution in [-0.4, -0.2) is 17.8 Å². The first-order valence-corrected chi connectivity index (χ1v) is 6.69. The molecular weight excluding hydrogens is 289 g/mol. The minimum atomic E-state index is -4.35. The predicted octanol–water partition coefficient (Wildman–Crippen LogP) is 4.00. The van der Waals surface area contributed by atoms with Gasteiger partial charge in [0, 0.05) is 22.4 Å². The van der Waals surface area contributed by atoms with Gasteiger partial charge in [-0.1, -0.05) is 0 Å². The Morgan fingerprint density at radius 3 is 2.60 bits per heavy atom. The number of pyridine rings is 1. The van der Waals surface area contributed by atoms with Crippen LogP contribution < -0.4 is 10.1 Å². The molecule has 1 N–H and O–H groups in total. The van der Waals surface area contributed by atoms with E-state index in [1.165, 1.54) is 22.0 Å². The second kappa shape index (κ2) is 6.13. The number of ether oxygens (including phenoxy) is 1. The fraction of sp³-hybridized carbons (Fsp3) is 0.308. The predicted molar refractivity (Wildman–Crippen MR) is 72.2 cm³/mol. The van der Waals surface area contributed by atoms with Crippen LogP contribution in [0.4, 0.5) is 18.9 Å². The highest BCUT2D eigenvalue weighted by atomic mass is 32.1. The van der Waals surface area contributed by atoms with Gasteiger partial charge in [-0.3, -0.25) is 0 Å². The van der Waals surface area contributed by atoms with Gasteiger partial charge in [0.1, 0.15) is 0 Å². The molecule has 0 spiro atoms. The summed E-state index contributed by atoms with van der Waals surface area (Å²) < 4.78 is 40.4. The van der Waals surface area contributed by atoms with Gasteiger partial charge < -0.3 is 10.1 Å². The van der Waals surface area contributed by atoms with Crippen LogP contribution in [0.3, 0.4) is 0 Å². The normalized spacial score (nSPS) is 11.4. The Hall–Kier alpha value is -1.76. The zero-order chi connectivity index (χ0) is 14.6. The van der Waals surface area contributed by atoms with Crippen LogP contribution >= 0.6 is 11.3 Å². The van der Waals surface area contributed by atoms with Crippen molar-refractivity contribution in [3.05, 3.63) is 40.2 Å². The lowest BCUT2D eigenvalue weighted by Crippen LogP contribution is -2.19. The Morgan fingerprint density at radius 1 is 1.25 bits per heavy atom. The number of hydrogen-bond acceptors (Lipinski definition) is 4. The van der Waals surface area contributed by atoms with Gasteiger partial charge in [0.2, 0.25) is 5.88 Å². The van der Waals surface area contributed by atoms with E-state index in [-0.39, 0.29) is 5.88 Å². The Labute approximate surface area is 118 Å². The van der Waals surface area contributed by atoms with Gasteiger partial charge in [-0.05, 0) is 25.1 Å². The summed E-state index contributed by atoms with van der Waals surface area (Å²) in [7, 11) is 0. The molecule has 108 valence electrons. The molecule has 0 saturated heterocycles. The van der Waals surface area contributed by atoms with Crippen LogP contribution in [0.15, 0.2) is 30.5 Å². The first-order valence-electron chi connectivity index (χ1n) is 5.87. The van der Waals surface area contributed by atoms with Crippen LogP contribution in [0, 0.1) is 6.92 Å². The summed E-state index contributed by atoms with van der Waals surface area (Å²) in [5, 5.41) is 3.14. The van der Waals surface area contributed by atoms with E-state index < -0.39 is 12.8 Å². The molecule has 0 unspecified atom stereocenters. The van der Waals surface area contributed by atoms with Gasteiger partial charge in [-0.25, -0.2) is 4.98 Å². The van der Waals surface area contributed by atoms with Crippen LogP contribution in [0.5, 0.6) is 5.88 Å². The zero-order valence-electron chi connectivity index (χ0n) is 10.7. The molecule has 0 saturated carbocycles. The van der Waals surface area contributed by atoms with E-state index in [9.17, 15) is 13.2 Å². The molecule has 2 aromatic heterocycles. The number of anilines is 1. The Kier molecular flexibility index (Phi) is 4.49. The molecule has 7 heteroatoms. The fourth-order valence-corrected chi connectivity index (χ4v) is 2.33. The number of nitrogens with zero attached hydrogens (tertiary/aromatic N) is 1. The molecule has 0 atom stereocenters. The summed E-state index contributed by atoms with van der Waals surface area (Å²) in [6, 6.07) is 7.11. The van der Waals surface area contributed by atoms with Crippen molar-refractivity contribution >= 4 is 17.0 Å². The maximum atomic E-state index is 12.0. The number of rotatable bonds is 5. The molecule has 2 aromatic rings. The maximum absolute atomic E-state index is 12.0. The molecule has 0 aliphatic carbocycles. The van der Waals surface area contributed by atoms with Crippen LogP contribution in [-0.2, 0) is 6.54 Å². The lowest BCUT2D eigenvalue weighted by atomic mass is 10.4. The maximum Gasteiger partial charge on any atom is 0.422 e. The quantitative estimate of drug-likeness (QED) is 0.906. The molecule has 2 rings (SSSR count). The molecule has 0 aliphatic rings. The van der Waals surface area contributed by atoms with Crippen molar-refractivity contribution < 1.29 is 17.9 Å². The minimum absolute atomic E-state index is 0.0418. The van der Waals surface area contributed by atoms with E-state index in [1.54, 1.807) is 17.4 Å².